The number of nitrogens with one attached hydrogen (secondary N) is 1. The molecule has 21 heavy (non-hydrogen) atoms. The van der Waals surface area contributed by atoms with Crippen molar-refractivity contribution in [3.8, 4) is 0 Å². The number of nitrogens with zero attached hydrogens (tertiary/aromatic N) is 1. The summed E-state index contributed by atoms with van der Waals surface area (Å²) in [6.07, 6.45) is 3.25. The average Bonchev–Trinajstić information content (AvgIpc) is 2.73. The van der Waals surface area contributed by atoms with E-state index >= 15 is 0 Å². The van der Waals surface area contributed by atoms with Gasteiger partial charge in [0, 0.05) is 34.7 Å². The Hall–Kier alpha value is -1.40. The molecule has 6 heteroatoms. The van der Waals surface area contributed by atoms with Crippen LogP contribution in [-0.2, 0) is 14.5 Å². The fraction of sp³-hybridized carbons (Fsp3) is 0.467. The van der Waals surface area contributed by atoms with Crippen LogP contribution in [0.2, 0.25) is 0 Å². The van der Waals surface area contributed by atoms with E-state index in [1.165, 1.54) is 12.1 Å². The monoisotopic (exact) mass is 310 g/mol. The third kappa shape index (κ3) is 2.70. The molecule has 0 aliphatic carbocycles. The highest BCUT2D eigenvalue weighted by atomic mass is 32.2. The molecule has 1 saturated heterocycles. The van der Waals surface area contributed by atoms with Crippen LogP contribution in [0.5, 0.6) is 0 Å². The fourth-order valence-electron chi connectivity index (χ4n) is 3.32. The number of fused-ring (bicyclic) bond motifs is 1. The van der Waals surface area contributed by atoms with E-state index in [2.05, 4.69) is 11.2 Å². The molecular formula is C15H19FN2O2S. The van der Waals surface area contributed by atoms with E-state index in [1.54, 1.807) is 12.3 Å². The Morgan fingerprint density at radius 3 is 2.67 bits per heavy atom. The molecule has 1 amide bonds. The van der Waals surface area contributed by atoms with Gasteiger partial charge in [0.25, 0.3) is 0 Å². The molecule has 0 radical (unpaired) electrons. The first-order chi connectivity index (χ1) is 9.86. The normalized spacial score (nSPS) is 26.2. The van der Waals surface area contributed by atoms with Crippen molar-refractivity contribution in [2.24, 2.45) is 5.92 Å². The molecule has 3 rings (SSSR count). The third-order valence-corrected chi connectivity index (χ3v) is 5.86. The number of hydrogen-bond acceptors (Lipinski definition) is 2. The lowest BCUT2D eigenvalue weighted by Crippen LogP contribution is -2.39. The summed E-state index contributed by atoms with van der Waals surface area (Å²) in [7, 11) is -2.17. The topological polar surface area (TPSA) is 49.4 Å². The van der Waals surface area contributed by atoms with Crippen LogP contribution in [0, 0.1) is 11.7 Å². The zero-order valence-electron chi connectivity index (χ0n) is 12.0. The number of anilines is 1. The number of piperidine rings is 1. The summed E-state index contributed by atoms with van der Waals surface area (Å²) >= 11 is 0. The second-order valence-corrected chi connectivity index (χ2v) is 8.36. The smallest absolute Gasteiger partial charge is 0.232 e. The molecule has 2 unspecified atom stereocenters. The Bertz CT molecular complexity index is 679. The van der Waals surface area contributed by atoms with Crippen molar-refractivity contribution in [3.63, 3.8) is 0 Å². The number of halogens is 1. The number of amides is 1. The molecule has 0 bridgehead atoms. The summed E-state index contributed by atoms with van der Waals surface area (Å²) in [6.45, 7) is 1.37. The van der Waals surface area contributed by atoms with E-state index in [-0.39, 0.29) is 23.6 Å². The number of hydrogen-bond donors (Lipinski definition) is 1. The second-order valence-electron chi connectivity index (χ2n) is 5.92. The van der Waals surface area contributed by atoms with Crippen molar-refractivity contribution in [1.82, 2.24) is 4.31 Å². The largest absolute Gasteiger partial charge is 0.325 e. The molecule has 0 spiro atoms. The van der Waals surface area contributed by atoms with Crippen molar-refractivity contribution < 1.29 is 13.4 Å². The van der Waals surface area contributed by atoms with Crippen LogP contribution in [0.1, 0.15) is 24.3 Å². The highest BCUT2D eigenvalue weighted by Crippen LogP contribution is 2.41. The van der Waals surface area contributed by atoms with Crippen molar-refractivity contribution in [3.05, 3.63) is 29.6 Å². The van der Waals surface area contributed by atoms with Crippen LogP contribution in [0.25, 0.3) is 0 Å². The van der Waals surface area contributed by atoms with E-state index in [4.69, 9.17) is 0 Å². The van der Waals surface area contributed by atoms with Crippen molar-refractivity contribution in [1.29, 1.82) is 0 Å². The van der Waals surface area contributed by atoms with E-state index in [1.807, 2.05) is 4.31 Å². The number of benzene rings is 1. The van der Waals surface area contributed by atoms with Crippen LogP contribution >= 0.6 is 0 Å². The summed E-state index contributed by atoms with van der Waals surface area (Å²) in [5.41, 5.74) is 1.47. The van der Waals surface area contributed by atoms with Gasteiger partial charge in [0.05, 0.1) is 5.92 Å². The van der Waals surface area contributed by atoms with Gasteiger partial charge in [0.15, 0.2) is 0 Å². The fourth-order valence-corrected chi connectivity index (χ4v) is 4.31. The lowest BCUT2D eigenvalue weighted by molar-refractivity contribution is -0.118. The first-order valence-electron chi connectivity index (χ1n) is 7.04. The van der Waals surface area contributed by atoms with E-state index < -0.39 is 9.71 Å². The number of carbonyl (C=O) groups is 1. The molecule has 2 heterocycles. The maximum atomic E-state index is 13.2. The maximum Gasteiger partial charge on any atom is 0.232 e. The molecule has 2 atom stereocenters. The number of carbonyl (C=O) groups excluding carboxylic acids is 1. The van der Waals surface area contributed by atoms with Crippen molar-refractivity contribution in [2.45, 2.75) is 18.8 Å². The van der Waals surface area contributed by atoms with Crippen LogP contribution in [0.3, 0.4) is 0 Å². The van der Waals surface area contributed by atoms with Gasteiger partial charge in [0.2, 0.25) is 5.91 Å². The summed E-state index contributed by atoms with van der Waals surface area (Å²) in [4.78, 5) is 12.2. The summed E-state index contributed by atoms with van der Waals surface area (Å²) in [6, 6.07) is 4.47. The Balaban J connectivity index is 1.79. The van der Waals surface area contributed by atoms with Gasteiger partial charge in [-0.3, -0.25) is 9.00 Å². The SMILES string of the molecule is C=S(C)(=O)N1CCC(C2C(=O)Nc3cc(F)ccc32)CC1. The molecule has 0 aromatic heterocycles. The minimum atomic E-state index is -2.17. The molecule has 1 N–H and O–H groups in total. The predicted octanol–water partition coefficient (Wildman–Crippen LogP) is 1.83. The van der Waals surface area contributed by atoms with Gasteiger partial charge in [-0.25, -0.2) is 8.70 Å². The van der Waals surface area contributed by atoms with Crippen LogP contribution in [0.4, 0.5) is 10.1 Å². The summed E-state index contributed by atoms with van der Waals surface area (Å²) in [5, 5.41) is 2.77. The zero-order valence-corrected chi connectivity index (χ0v) is 12.8. The minimum absolute atomic E-state index is 0.0547. The highest BCUT2D eigenvalue weighted by Gasteiger charge is 2.38. The van der Waals surface area contributed by atoms with Crippen molar-refractivity contribution >= 4 is 27.2 Å². The molecule has 2 aliphatic heterocycles. The maximum absolute atomic E-state index is 13.2. The number of rotatable bonds is 2. The Morgan fingerprint density at radius 1 is 1.38 bits per heavy atom. The minimum Gasteiger partial charge on any atom is -0.325 e. The molecule has 2 aliphatic rings. The summed E-state index contributed by atoms with van der Waals surface area (Å²) < 4.78 is 27.1. The molecule has 114 valence electrons. The predicted molar refractivity (Wildman–Crippen MR) is 83.3 cm³/mol. The van der Waals surface area contributed by atoms with Gasteiger partial charge in [-0.2, -0.15) is 0 Å². The molecule has 1 aromatic rings. The van der Waals surface area contributed by atoms with E-state index in [0.29, 0.717) is 18.8 Å². The van der Waals surface area contributed by atoms with Gasteiger partial charge in [-0.05, 0) is 42.3 Å². The standard InChI is InChI=1S/C15H19FN2O2S/c1-21(2,20)18-7-5-10(6-8-18)14-12-4-3-11(16)9-13(12)17-15(14)19/h3-4,9-10,14H,1,5-8H2,2H3,(H,17,19). The molecule has 4 nitrogen and oxygen atoms in total. The van der Waals surface area contributed by atoms with E-state index in [9.17, 15) is 13.4 Å². The van der Waals surface area contributed by atoms with Crippen LogP contribution in [0.15, 0.2) is 18.2 Å². The van der Waals surface area contributed by atoms with Crippen molar-refractivity contribution in [2.75, 3.05) is 24.7 Å². The zero-order chi connectivity index (χ0) is 15.2. The highest BCUT2D eigenvalue weighted by molar-refractivity contribution is 7.97. The first-order valence-corrected chi connectivity index (χ1v) is 9.13. The summed E-state index contributed by atoms with van der Waals surface area (Å²) in [5.74, 6) is 3.30. The van der Waals surface area contributed by atoms with Gasteiger partial charge in [-0.1, -0.05) is 6.07 Å². The quantitative estimate of drug-likeness (QED) is 0.847. The van der Waals surface area contributed by atoms with E-state index in [0.717, 1.165) is 18.4 Å². The van der Waals surface area contributed by atoms with Crippen LogP contribution < -0.4 is 5.32 Å². The lowest BCUT2D eigenvalue weighted by atomic mass is 9.81. The van der Waals surface area contributed by atoms with Gasteiger partial charge >= 0.3 is 0 Å². The van der Waals surface area contributed by atoms with Gasteiger partial charge < -0.3 is 5.32 Å². The second kappa shape index (κ2) is 5.10. The van der Waals surface area contributed by atoms with Crippen LogP contribution in [-0.4, -0.2) is 39.6 Å². The third-order valence-electron chi connectivity index (χ3n) is 4.41. The molecule has 0 saturated carbocycles. The molecule has 1 aromatic carbocycles. The lowest BCUT2D eigenvalue weighted by Gasteiger charge is -2.34. The average molecular weight is 310 g/mol. The molecule has 1 fully saturated rings. The first kappa shape index (κ1) is 14.5. The van der Waals surface area contributed by atoms with Gasteiger partial charge in [-0.15, -0.1) is 0 Å². The Kier molecular flexibility index (Phi) is 3.53. The molecular weight excluding hydrogens is 291 g/mol. The Morgan fingerprint density at radius 2 is 2.05 bits per heavy atom. The Labute approximate surface area is 124 Å². The van der Waals surface area contributed by atoms with Gasteiger partial charge in [0.1, 0.15) is 5.82 Å².